The summed E-state index contributed by atoms with van der Waals surface area (Å²) in [7, 11) is 3.73. The molecule has 92 valence electrons. The van der Waals surface area contributed by atoms with Crippen LogP contribution in [0.1, 0.15) is 25.7 Å². The highest BCUT2D eigenvalue weighted by atomic mass is 16.2. The summed E-state index contributed by atoms with van der Waals surface area (Å²) in [5.41, 5.74) is 5.25. The first-order valence-corrected chi connectivity index (χ1v) is 5.72. The van der Waals surface area contributed by atoms with Crippen LogP contribution in [0.15, 0.2) is 0 Å². The van der Waals surface area contributed by atoms with E-state index in [1.54, 1.807) is 0 Å². The van der Waals surface area contributed by atoms with Gasteiger partial charge in [0.05, 0.1) is 6.54 Å². The van der Waals surface area contributed by atoms with Gasteiger partial charge in [-0.25, -0.2) is 0 Å². The van der Waals surface area contributed by atoms with E-state index in [4.69, 9.17) is 5.73 Å². The Morgan fingerprint density at radius 1 is 1.25 bits per heavy atom. The van der Waals surface area contributed by atoms with Gasteiger partial charge in [-0.2, -0.15) is 0 Å². The van der Waals surface area contributed by atoms with Gasteiger partial charge in [-0.05, 0) is 39.8 Å². The van der Waals surface area contributed by atoms with Crippen molar-refractivity contribution < 1.29 is 9.59 Å². The monoisotopic (exact) mass is 227 g/mol. The van der Waals surface area contributed by atoms with Crippen LogP contribution in [0.3, 0.4) is 0 Å². The van der Waals surface area contributed by atoms with Crippen LogP contribution in [0, 0.1) is 5.92 Å². The molecule has 5 heteroatoms. The molecule has 0 atom stereocenters. The van der Waals surface area contributed by atoms with E-state index in [0.29, 0.717) is 6.54 Å². The summed E-state index contributed by atoms with van der Waals surface area (Å²) in [6.45, 7) is 0.412. The van der Waals surface area contributed by atoms with E-state index in [-0.39, 0.29) is 23.8 Å². The second-order valence-corrected chi connectivity index (χ2v) is 4.76. The van der Waals surface area contributed by atoms with Crippen molar-refractivity contribution in [3.05, 3.63) is 0 Å². The van der Waals surface area contributed by atoms with Crippen LogP contribution >= 0.6 is 0 Å². The van der Waals surface area contributed by atoms with Crippen molar-refractivity contribution >= 4 is 11.8 Å². The molecule has 0 aromatic rings. The van der Waals surface area contributed by atoms with Crippen molar-refractivity contribution in [1.82, 2.24) is 10.2 Å². The summed E-state index contributed by atoms with van der Waals surface area (Å²) in [4.78, 5) is 24.3. The Morgan fingerprint density at radius 2 is 1.81 bits per heavy atom. The summed E-state index contributed by atoms with van der Waals surface area (Å²) >= 11 is 0. The van der Waals surface area contributed by atoms with Crippen LogP contribution in [0.5, 0.6) is 0 Å². The zero-order chi connectivity index (χ0) is 12.1. The van der Waals surface area contributed by atoms with E-state index in [1.165, 1.54) is 0 Å². The molecule has 0 aromatic heterocycles. The minimum atomic E-state index is -0.210. The van der Waals surface area contributed by atoms with Crippen molar-refractivity contribution in [2.24, 2.45) is 11.7 Å². The number of hydrogen-bond donors (Lipinski definition) is 2. The largest absolute Gasteiger partial charge is 0.369 e. The molecule has 16 heavy (non-hydrogen) atoms. The maximum absolute atomic E-state index is 11.5. The van der Waals surface area contributed by atoms with E-state index in [9.17, 15) is 9.59 Å². The number of hydrogen-bond acceptors (Lipinski definition) is 3. The van der Waals surface area contributed by atoms with Crippen LogP contribution in [0.2, 0.25) is 0 Å². The molecule has 1 saturated carbocycles. The lowest BCUT2D eigenvalue weighted by Crippen LogP contribution is -2.43. The molecule has 0 aromatic carbocycles. The Labute approximate surface area is 96.4 Å². The molecule has 2 amide bonds. The summed E-state index contributed by atoms with van der Waals surface area (Å²) in [5.74, 6) is -0.160. The Morgan fingerprint density at radius 3 is 2.25 bits per heavy atom. The molecule has 3 N–H and O–H groups in total. The van der Waals surface area contributed by atoms with E-state index >= 15 is 0 Å². The van der Waals surface area contributed by atoms with Gasteiger partial charge in [-0.1, -0.05) is 0 Å². The van der Waals surface area contributed by atoms with Gasteiger partial charge < -0.3 is 16.0 Å². The van der Waals surface area contributed by atoms with Gasteiger partial charge in [0.25, 0.3) is 0 Å². The fourth-order valence-electron chi connectivity index (χ4n) is 2.08. The van der Waals surface area contributed by atoms with E-state index < -0.39 is 0 Å². The summed E-state index contributed by atoms with van der Waals surface area (Å²) in [6, 6.07) is 0.211. The van der Waals surface area contributed by atoms with Gasteiger partial charge in [-0.15, -0.1) is 0 Å². The third-order valence-corrected chi connectivity index (χ3v) is 2.95. The van der Waals surface area contributed by atoms with Gasteiger partial charge in [0, 0.05) is 12.0 Å². The topological polar surface area (TPSA) is 75.4 Å². The molecule has 0 saturated heterocycles. The number of amides is 2. The lowest BCUT2D eigenvalue weighted by Gasteiger charge is -2.27. The fourth-order valence-corrected chi connectivity index (χ4v) is 2.08. The molecule has 5 nitrogen and oxygen atoms in total. The predicted molar refractivity (Wildman–Crippen MR) is 61.6 cm³/mol. The molecule has 1 rings (SSSR count). The van der Waals surface area contributed by atoms with Gasteiger partial charge >= 0.3 is 0 Å². The standard InChI is InChI=1S/C11H21N3O2/c1-14(2)7-10(15)13-9-5-3-8(4-6-9)11(12)16/h8-9H,3-7H2,1-2H3,(H2,12,16)(H,13,15). The van der Waals surface area contributed by atoms with Crippen molar-refractivity contribution in [2.75, 3.05) is 20.6 Å². The number of carbonyl (C=O) groups excluding carboxylic acids is 2. The van der Waals surface area contributed by atoms with Crippen LogP contribution in [-0.4, -0.2) is 43.4 Å². The Bertz CT molecular complexity index is 258. The third kappa shape index (κ3) is 4.18. The zero-order valence-electron chi connectivity index (χ0n) is 10.0. The predicted octanol–water partition coefficient (Wildman–Crippen LogP) is -0.292. The molecule has 1 aliphatic carbocycles. The second-order valence-electron chi connectivity index (χ2n) is 4.76. The molecular weight excluding hydrogens is 206 g/mol. The van der Waals surface area contributed by atoms with Crippen LogP contribution < -0.4 is 11.1 Å². The van der Waals surface area contributed by atoms with Crippen LogP contribution in [0.25, 0.3) is 0 Å². The molecule has 0 unspecified atom stereocenters. The Balaban J connectivity index is 2.26. The molecule has 1 fully saturated rings. The zero-order valence-corrected chi connectivity index (χ0v) is 10.0. The number of nitrogens with zero attached hydrogens (tertiary/aromatic N) is 1. The van der Waals surface area contributed by atoms with Gasteiger partial charge in [0.2, 0.25) is 11.8 Å². The Hall–Kier alpha value is -1.10. The maximum atomic E-state index is 11.5. The number of rotatable bonds is 4. The SMILES string of the molecule is CN(C)CC(=O)NC1CCC(C(N)=O)CC1. The summed E-state index contributed by atoms with van der Waals surface area (Å²) in [6.07, 6.45) is 3.30. The number of carbonyl (C=O) groups is 2. The average molecular weight is 227 g/mol. The number of likely N-dealkylation sites (N-methyl/N-ethyl adjacent to an activating group) is 1. The molecule has 0 bridgehead atoms. The number of nitrogens with two attached hydrogens (primary N) is 1. The average Bonchev–Trinajstić information content (AvgIpc) is 2.16. The second kappa shape index (κ2) is 5.84. The smallest absolute Gasteiger partial charge is 0.234 e. The molecule has 0 spiro atoms. The minimum absolute atomic E-state index is 0.00185. The van der Waals surface area contributed by atoms with Crippen molar-refractivity contribution in [1.29, 1.82) is 0 Å². The first-order valence-electron chi connectivity index (χ1n) is 5.72. The molecule has 0 heterocycles. The summed E-state index contributed by atoms with van der Waals surface area (Å²) < 4.78 is 0. The summed E-state index contributed by atoms with van der Waals surface area (Å²) in [5, 5.41) is 2.98. The van der Waals surface area contributed by atoms with Crippen molar-refractivity contribution in [3.8, 4) is 0 Å². The van der Waals surface area contributed by atoms with Gasteiger partial charge in [0.1, 0.15) is 0 Å². The van der Waals surface area contributed by atoms with Gasteiger partial charge in [-0.3, -0.25) is 9.59 Å². The first-order chi connectivity index (χ1) is 7.49. The van der Waals surface area contributed by atoms with Crippen LogP contribution in [0.4, 0.5) is 0 Å². The van der Waals surface area contributed by atoms with Gasteiger partial charge in [0.15, 0.2) is 0 Å². The highest BCUT2D eigenvalue weighted by Crippen LogP contribution is 2.23. The highest BCUT2D eigenvalue weighted by molar-refractivity contribution is 5.78. The Kier molecular flexibility index (Phi) is 4.73. The lowest BCUT2D eigenvalue weighted by atomic mass is 9.85. The molecule has 0 aliphatic heterocycles. The fraction of sp³-hybridized carbons (Fsp3) is 0.818. The van der Waals surface area contributed by atoms with E-state index in [2.05, 4.69) is 5.32 Å². The first kappa shape index (κ1) is 13.0. The van der Waals surface area contributed by atoms with Crippen molar-refractivity contribution in [3.63, 3.8) is 0 Å². The number of primary amides is 1. The minimum Gasteiger partial charge on any atom is -0.369 e. The quantitative estimate of drug-likeness (QED) is 0.693. The molecule has 0 radical (unpaired) electrons. The lowest BCUT2D eigenvalue weighted by molar-refractivity contribution is -0.123. The maximum Gasteiger partial charge on any atom is 0.234 e. The third-order valence-electron chi connectivity index (χ3n) is 2.95. The molecule has 1 aliphatic rings. The highest BCUT2D eigenvalue weighted by Gasteiger charge is 2.25. The number of nitrogens with one attached hydrogen (secondary N) is 1. The molecular formula is C11H21N3O2. The van der Waals surface area contributed by atoms with E-state index in [1.807, 2.05) is 19.0 Å². The van der Waals surface area contributed by atoms with Crippen LogP contribution in [-0.2, 0) is 9.59 Å². The van der Waals surface area contributed by atoms with Crippen molar-refractivity contribution in [2.45, 2.75) is 31.7 Å². The normalized spacial score (nSPS) is 25.4. The van der Waals surface area contributed by atoms with E-state index in [0.717, 1.165) is 25.7 Å².